The van der Waals surface area contributed by atoms with Gasteiger partial charge < -0.3 is 0 Å². The van der Waals surface area contributed by atoms with Gasteiger partial charge in [-0.25, -0.2) is 41.8 Å². The Morgan fingerprint density at radius 2 is 0.640 bits per heavy atom. The molecule has 0 N–H and O–H groups in total. The van der Waals surface area contributed by atoms with Gasteiger partial charge >= 0.3 is 41.0 Å². The average Bonchev–Trinajstić information content (AvgIpc) is 3.11. The minimum Gasteiger partial charge on any atom is -0.213 e. The molecule has 2 aromatic rings. The Morgan fingerprint density at radius 1 is 0.440 bits per heavy atom. The molecule has 2 rings (SSSR count). The van der Waals surface area contributed by atoms with Crippen molar-refractivity contribution in [3.8, 4) is 0 Å². The zero-order chi connectivity index (χ0) is 18.8. The van der Waals surface area contributed by atoms with Crippen LogP contribution in [0.2, 0.25) is 0 Å². The van der Waals surface area contributed by atoms with E-state index in [0.29, 0.717) is 0 Å². The molecule has 0 fully saturated rings. The summed E-state index contributed by atoms with van der Waals surface area (Å²) in [4.78, 5) is 0. The maximum absolute atomic E-state index is 12.4. The molecular weight excluding hydrogens is 417 g/mol. The Hall–Kier alpha value is -1.49. The fourth-order valence-corrected chi connectivity index (χ4v) is 1.49. The molecule has 0 amide bonds. The molecule has 0 nitrogen and oxygen atoms in total. The second kappa shape index (κ2) is 7.81. The zero-order valence-electron chi connectivity index (χ0n) is 11.7. The Morgan fingerprint density at radius 3 is 0.800 bits per heavy atom. The van der Waals surface area contributed by atoms with Crippen molar-refractivity contribution < 1.29 is 60.7 Å². The SMILES string of the molecule is FC(F)(F)C(F)(F)[c-]1cccc1.FC(F)(F)C(F)(F)[c-]1cccc1.[Co+2]. The van der Waals surface area contributed by atoms with Gasteiger partial charge in [-0.05, 0) is 0 Å². The van der Waals surface area contributed by atoms with Gasteiger partial charge in [-0.1, -0.05) is 11.1 Å². The monoisotopic (exact) mass is 425 g/mol. The molecule has 0 atom stereocenters. The predicted molar refractivity (Wildman–Crippen MR) is 64.0 cm³/mol. The van der Waals surface area contributed by atoms with Crippen molar-refractivity contribution in [1.29, 1.82) is 0 Å². The fraction of sp³-hybridized carbons (Fsp3) is 0.286. The third kappa shape index (κ3) is 5.24. The summed E-state index contributed by atoms with van der Waals surface area (Å²) in [5.41, 5.74) is -2.04. The Balaban J connectivity index is 0.000000443. The normalized spacial score (nSPS) is 12.9. The summed E-state index contributed by atoms with van der Waals surface area (Å²) in [6, 6.07) is 7.51. The minimum atomic E-state index is -5.51. The van der Waals surface area contributed by atoms with Gasteiger partial charge in [-0.3, -0.25) is 0 Å². The average molecular weight is 425 g/mol. The molecule has 0 aromatic heterocycles. The molecular formula is C14H8CoF10. The number of hydrogen-bond donors (Lipinski definition) is 0. The van der Waals surface area contributed by atoms with Crippen molar-refractivity contribution in [2.75, 3.05) is 0 Å². The first-order chi connectivity index (χ1) is 10.7. The van der Waals surface area contributed by atoms with E-state index in [0.717, 1.165) is 48.5 Å². The van der Waals surface area contributed by atoms with Crippen molar-refractivity contribution in [3.63, 3.8) is 0 Å². The van der Waals surface area contributed by atoms with Crippen LogP contribution in [0.15, 0.2) is 48.5 Å². The van der Waals surface area contributed by atoms with Gasteiger partial charge in [0.15, 0.2) is 0 Å². The first kappa shape index (κ1) is 23.5. The van der Waals surface area contributed by atoms with Crippen molar-refractivity contribution in [3.05, 3.63) is 59.7 Å². The molecule has 11 heteroatoms. The molecule has 2 aromatic carbocycles. The van der Waals surface area contributed by atoms with Gasteiger partial charge in [0.25, 0.3) is 0 Å². The first-order valence-electron chi connectivity index (χ1n) is 6.04. The van der Waals surface area contributed by atoms with Crippen LogP contribution in [0.25, 0.3) is 0 Å². The van der Waals surface area contributed by atoms with Gasteiger partial charge in [-0.2, -0.15) is 50.6 Å². The van der Waals surface area contributed by atoms with Gasteiger partial charge in [0.2, 0.25) is 0 Å². The maximum Gasteiger partial charge on any atom is 2.00 e. The Bertz CT molecular complexity index is 549. The molecule has 143 valence electrons. The van der Waals surface area contributed by atoms with E-state index in [1.165, 1.54) is 0 Å². The second-order valence-electron chi connectivity index (χ2n) is 4.49. The number of rotatable bonds is 2. The van der Waals surface area contributed by atoms with Crippen molar-refractivity contribution in [2.45, 2.75) is 24.2 Å². The van der Waals surface area contributed by atoms with Crippen LogP contribution in [0.1, 0.15) is 11.1 Å². The summed E-state index contributed by atoms with van der Waals surface area (Å²) in [6.45, 7) is 0. The summed E-state index contributed by atoms with van der Waals surface area (Å²) in [5.74, 6) is -9.48. The molecule has 25 heavy (non-hydrogen) atoms. The van der Waals surface area contributed by atoms with Gasteiger partial charge in [0.05, 0.1) is 0 Å². The van der Waals surface area contributed by atoms with E-state index in [-0.39, 0.29) is 16.8 Å². The molecule has 0 saturated heterocycles. The molecule has 0 aliphatic carbocycles. The summed E-state index contributed by atoms with van der Waals surface area (Å²) >= 11 is 0. The van der Waals surface area contributed by atoms with Gasteiger partial charge in [-0.15, -0.1) is 0 Å². The summed E-state index contributed by atoms with van der Waals surface area (Å²) in [7, 11) is 0. The second-order valence-corrected chi connectivity index (χ2v) is 4.49. The Kier molecular flexibility index (Phi) is 7.34. The first-order valence-corrected chi connectivity index (χ1v) is 6.04. The van der Waals surface area contributed by atoms with E-state index in [2.05, 4.69) is 0 Å². The van der Waals surface area contributed by atoms with Crippen LogP contribution in [0, 0.1) is 0 Å². The number of hydrogen-bond acceptors (Lipinski definition) is 0. The van der Waals surface area contributed by atoms with E-state index < -0.39 is 35.3 Å². The summed E-state index contributed by atoms with van der Waals surface area (Å²) < 4.78 is 119. The summed E-state index contributed by atoms with van der Waals surface area (Å²) in [5, 5.41) is 0. The van der Waals surface area contributed by atoms with Crippen molar-refractivity contribution in [1.82, 2.24) is 0 Å². The Labute approximate surface area is 145 Å². The van der Waals surface area contributed by atoms with Crippen LogP contribution in [-0.2, 0) is 28.6 Å². The minimum absolute atomic E-state index is 0. The topological polar surface area (TPSA) is 0 Å². The zero-order valence-corrected chi connectivity index (χ0v) is 12.8. The largest absolute Gasteiger partial charge is 2.00 e. The molecule has 0 unspecified atom stereocenters. The van der Waals surface area contributed by atoms with Gasteiger partial charge in [0.1, 0.15) is 0 Å². The number of alkyl halides is 10. The van der Waals surface area contributed by atoms with Crippen LogP contribution >= 0.6 is 0 Å². The molecule has 1 radical (unpaired) electrons. The predicted octanol–water partition coefficient (Wildman–Crippen LogP) is 6.12. The molecule has 0 saturated carbocycles. The quantitative estimate of drug-likeness (QED) is 0.402. The van der Waals surface area contributed by atoms with E-state index >= 15 is 0 Å². The van der Waals surface area contributed by atoms with Crippen LogP contribution in [-0.4, -0.2) is 12.4 Å². The third-order valence-corrected chi connectivity index (χ3v) is 2.76. The molecule has 0 heterocycles. The standard InChI is InChI=1S/2C7H4F5.Co/c2*8-6(9,7(10,11)12)5-3-1-2-4-5;/h2*1-4H;/q2*-1;+2. The molecule has 0 bridgehead atoms. The van der Waals surface area contributed by atoms with Crippen LogP contribution < -0.4 is 0 Å². The van der Waals surface area contributed by atoms with Crippen molar-refractivity contribution >= 4 is 0 Å². The maximum atomic E-state index is 12.4. The van der Waals surface area contributed by atoms with Crippen molar-refractivity contribution in [2.24, 2.45) is 0 Å². The van der Waals surface area contributed by atoms with Gasteiger partial charge in [0, 0.05) is 0 Å². The molecule has 0 aliphatic heterocycles. The smallest absolute Gasteiger partial charge is 0.213 e. The van der Waals surface area contributed by atoms with Crippen LogP contribution in [0.5, 0.6) is 0 Å². The van der Waals surface area contributed by atoms with E-state index in [1.54, 1.807) is 0 Å². The number of halogens is 10. The molecule has 0 spiro atoms. The fourth-order valence-electron chi connectivity index (χ4n) is 1.49. The van der Waals surface area contributed by atoms with E-state index in [1.807, 2.05) is 0 Å². The summed E-state index contributed by atoms with van der Waals surface area (Å²) in [6.07, 6.45) is -11.0. The van der Waals surface area contributed by atoms with E-state index in [4.69, 9.17) is 0 Å². The third-order valence-electron chi connectivity index (χ3n) is 2.76. The van der Waals surface area contributed by atoms with E-state index in [9.17, 15) is 43.9 Å². The molecule has 0 aliphatic rings. The van der Waals surface area contributed by atoms with Crippen LogP contribution in [0.4, 0.5) is 43.9 Å². The van der Waals surface area contributed by atoms with Crippen LogP contribution in [0.3, 0.4) is 0 Å².